The van der Waals surface area contributed by atoms with E-state index in [1.165, 1.54) is 10.5 Å². The average Bonchev–Trinajstić information content (AvgIpc) is 3.35. The molecule has 114 valence electrons. The lowest BCUT2D eigenvalue weighted by Crippen LogP contribution is -2.30. The second-order valence-electron chi connectivity index (χ2n) is 5.72. The number of hydrogen-bond acceptors (Lipinski definition) is 3. The molecule has 0 bridgehead atoms. The van der Waals surface area contributed by atoms with Crippen molar-refractivity contribution in [1.29, 1.82) is 0 Å². The number of pyridine rings is 1. The summed E-state index contributed by atoms with van der Waals surface area (Å²) in [4.78, 5) is 17.6. The maximum Gasteiger partial charge on any atom is 0.223 e. The summed E-state index contributed by atoms with van der Waals surface area (Å²) in [5, 5.41) is 3.45. The molecule has 1 amide bonds. The topological polar surface area (TPSA) is 42.0 Å². The van der Waals surface area contributed by atoms with E-state index in [1.807, 2.05) is 30.5 Å². The lowest BCUT2D eigenvalue weighted by atomic mass is 10.1. The van der Waals surface area contributed by atoms with E-state index in [0.29, 0.717) is 17.7 Å². The monoisotopic (exact) mass is 312 g/mol. The zero-order valence-corrected chi connectivity index (χ0v) is 13.4. The summed E-state index contributed by atoms with van der Waals surface area (Å²) in [6, 6.07) is 14.3. The summed E-state index contributed by atoms with van der Waals surface area (Å²) in [6.45, 7) is 2.85. The van der Waals surface area contributed by atoms with Crippen molar-refractivity contribution in [1.82, 2.24) is 10.3 Å². The van der Waals surface area contributed by atoms with E-state index < -0.39 is 0 Å². The molecule has 3 rings (SSSR count). The van der Waals surface area contributed by atoms with Crippen LogP contribution in [0.25, 0.3) is 0 Å². The van der Waals surface area contributed by atoms with Gasteiger partial charge in [0, 0.05) is 35.0 Å². The van der Waals surface area contributed by atoms with Crippen molar-refractivity contribution >= 4 is 17.7 Å². The van der Waals surface area contributed by atoms with Gasteiger partial charge in [0.15, 0.2) is 0 Å². The molecule has 1 aromatic heterocycles. The van der Waals surface area contributed by atoms with Crippen molar-refractivity contribution in [3.63, 3.8) is 0 Å². The highest BCUT2D eigenvalue weighted by atomic mass is 32.2. The second kappa shape index (κ2) is 6.97. The molecule has 0 aliphatic heterocycles. The molecule has 1 aliphatic carbocycles. The molecule has 3 nitrogen and oxygen atoms in total. The van der Waals surface area contributed by atoms with Crippen LogP contribution in [-0.2, 0) is 4.79 Å². The Bertz CT molecular complexity index is 617. The molecule has 0 radical (unpaired) electrons. The van der Waals surface area contributed by atoms with Crippen LogP contribution in [0.1, 0.15) is 24.8 Å². The summed E-state index contributed by atoms with van der Waals surface area (Å²) < 4.78 is 0. The van der Waals surface area contributed by atoms with Crippen molar-refractivity contribution in [2.45, 2.75) is 29.4 Å². The normalized spacial score (nSPS) is 21.1. The van der Waals surface area contributed by atoms with E-state index >= 15 is 0 Å². The average molecular weight is 312 g/mol. The number of nitrogens with zero attached hydrogens (tertiary/aromatic N) is 1. The fourth-order valence-electron chi connectivity index (χ4n) is 2.60. The van der Waals surface area contributed by atoms with Crippen molar-refractivity contribution in [2.75, 3.05) is 6.54 Å². The van der Waals surface area contributed by atoms with Gasteiger partial charge in [-0.3, -0.25) is 9.78 Å². The Morgan fingerprint density at radius 2 is 2.14 bits per heavy atom. The van der Waals surface area contributed by atoms with E-state index in [2.05, 4.69) is 35.4 Å². The molecule has 1 aromatic carbocycles. The number of nitrogens with one attached hydrogen (secondary N) is 1. The number of benzene rings is 1. The summed E-state index contributed by atoms with van der Waals surface area (Å²) in [7, 11) is 0. The molecule has 22 heavy (non-hydrogen) atoms. The van der Waals surface area contributed by atoms with E-state index in [1.54, 1.807) is 18.0 Å². The van der Waals surface area contributed by atoms with E-state index in [4.69, 9.17) is 0 Å². The third-order valence-corrected chi connectivity index (χ3v) is 5.00. The van der Waals surface area contributed by atoms with Gasteiger partial charge in [0.1, 0.15) is 0 Å². The van der Waals surface area contributed by atoms with Gasteiger partial charge in [-0.2, -0.15) is 0 Å². The Morgan fingerprint density at radius 1 is 1.32 bits per heavy atom. The molecular weight excluding hydrogens is 292 g/mol. The Labute approximate surface area is 135 Å². The number of carbonyl (C=O) groups is 1. The lowest BCUT2D eigenvalue weighted by Gasteiger charge is -2.12. The Balaban J connectivity index is 1.44. The number of hydrogen-bond donors (Lipinski definition) is 1. The molecule has 0 saturated heterocycles. The van der Waals surface area contributed by atoms with Crippen molar-refractivity contribution in [3.8, 4) is 0 Å². The van der Waals surface area contributed by atoms with Gasteiger partial charge in [-0.25, -0.2) is 0 Å². The highest BCUT2D eigenvalue weighted by Crippen LogP contribution is 2.47. The van der Waals surface area contributed by atoms with Gasteiger partial charge in [0.05, 0.1) is 0 Å². The minimum atomic E-state index is 0.123. The van der Waals surface area contributed by atoms with Crippen LogP contribution in [-0.4, -0.2) is 22.7 Å². The molecule has 2 aromatic rings. The van der Waals surface area contributed by atoms with Crippen LogP contribution in [0.15, 0.2) is 59.8 Å². The van der Waals surface area contributed by atoms with Crippen molar-refractivity contribution in [3.05, 3.63) is 60.4 Å². The SMILES string of the molecule is C[C@H](CNC(=O)[C@@H]1C[C@H]1c1cccnc1)Sc1ccccc1. The van der Waals surface area contributed by atoms with Crippen LogP contribution in [0.3, 0.4) is 0 Å². The molecule has 0 unspecified atom stereocenters. The molecule has 1 N–H and O–H groups in total. The summed E-state index contributed by atoms with van der Waals surface area (Å²) in [5.74, 6) is 0.651. The van der Waals surface area contributed by atoms with Crippen LogP contribution < -0.4 is 5.32 Å². The van der Waals surface area contributed by atoms with Crippen LogP contribution in [0, 0.1) is 5.92 Å². The highest BCUT2D eigenvalue weighted by Gasteiger charge is 2.43. The van der Waals surface area contributed by atoms with Crippen LogP contribution in [0.2, 0.25) is 0 Å². The number of carbonyl (C=O) groups excluding carboxylic acids is 1. The highest BCUT2D eigenvalue weighted by molar-refractivity contribution is 8.00. The first-order valence-corrected chi connectivity index (χ1v) is 8.51. The third kappa shape index (κ3) is 3.89. The van der Waals surface area contributed by atoms with Gasteiger partial charge in [-0.15, -0.1) is 11.8 Å². The number of aromatic nitrogens is 1. The van der Waals surface area contributed by atoms with E-state index in [9.17, 15) is 4.79 Å². The predicted molar refractivity (Wildman–Crippen MR) is 89.9 cm³/mol. The van der Waals surface area contributed by atoms with Gasteiger partial charge in [-0.05, 0) is 36.1 Å². The second-order valence-corrected chi connectivity index (χ2v) is 7.23. The Kier molecular flexibility index (Phi) is 4.78. The molecule has 4 heteroatoms. The third-order valence-electron chi connectivity index (χ3n) is 3.88. The minimum Gasteiger partial charge on any atom is -0.355 e. The molecule has 1 aliphatic rings. The molecule has 1 fully saturated rings. The predicted octanol–water partition coefficient (Wildman–Crippen LogP) is 3.48. The fourth-order valence-corrected chi connectivity index (χ4v) is 3.54. The summed E-state index contributed by atoms with van der Waals surface area (Å²) in [6.07, 6.45) is 4.58. The first-order chi connectivity index (χ1) is 10.7. The van der Waals surface area contributed by atoms with Gasteiger partial charge >= 0.3 is 0 Å². The number of amides is 1. The first-order valence-electron chi connectivity index (χ1n) is 7.63. The van der Waals surface area contributed by atoms with Crippen molar-refractivity contribution in [2.24, 2.45) is 5.92 Å². The smallest absolute Gasteiger partial charge is 0.223 e. The van der Waals surface area contributed by atoms with Crippen LogP contribution in [0.4, 0.5) is 0 Å². The summed E-state index contributed by atoms with van der Waals surface area (Å²) >= 11 is 1.79. The van der Waals surface area contributed by atoms with Gasteiger partial charge < -0.3 is 5.32 Å². The van der Waals surface area contributed by atoms with E-state index in [-0.39, 0.29) is 11.8 Å². The minimum absolute atomic E-state index is 0.123. The first kappa shape index (κ1) is 15.1. The molecule has 0 spiro atoms. The van der Waals surface area contributed by atoms with E-state index in [0.717, 1.165) is 6.42 Å². The molecular formula is C18H20N2OS. The Hall–Kier alpha value is -1.81. The number of rotatable bonds is 6. The van der Waals surface area contributed by atoms with Gasteiger partial charge in [0.2, 0.25) is 5.91 Å². The maximum absolute atomic E-state index is 12.2. The molecule has 3 atom stereocenters. The standard InChI is InChI=1S/C18H20N2OS/c1-13(22-15-7-3-2-4-8-15)11-20-18(21)17-10-16(17)14-6-5-9-19-12-14/h2-9,12-13,16-17H,10-11H2,1H3,(H,20,21)/t13-,16+,17-/m1/s1. The number of thioether (sulfide) groups is 1. The maximum atomic E-state index is 12.2. The largest absolute Gasteiger partial charge is 0.355 e. The zero-order valence-electron chi connectivity index (χ0n) is 12.6. The quantitative estimate of drug-likeness (QED) is 0.830. The lowest BCUT2D eigenvalue weighted by molar-refractivity contribution is -0.122. The van der Waals surface area contributed by atoms with Crippen LogP contribution >= 0.6 is 11.8 Å². The zero-order chi connectivity index (χ0) is 15.4. The summed E-state index contributed by atoms with van der Waals surface area (Å²) in [5.41, 5.74) is 1.18. The molecule has 1 heterocycles. The molecule has 1 saturated carbocycles. The fraction of sp³-hybridized carbons (Fsp3) is 0.333. The van der Waals surface area contributed by atoms with Gasteiger partial charge in [-0.1, -0.05) is 31.2 Å². The van der Waals surface area contributed by atoms with Gasteiger partial charge in [0.25, 0.3) is 0 Å². The Morgan fingerprint density at radius 3 is 2.86 bits per heavy atom. The van der Waals surface area contributed by atoms with Crippen molar-refractivity contribution < 1.29 is 4.79 Å². The van der Waals surface area contributed by atoms with Crippen LogP contribution in [0.5, 0.6) is 0 Å².